The standard InChI is InChI=1S/C20H16F2N2O3/c1-12-16(19(25)26-2)17(14-9-6-10-15(11-14)27-20(21)22)24-18(23-12)13-7-4-3-5-8-13/h3-11,20H,1-2H3. The van der Waals surface area contributed by atoms with E-state index in [1.54, 1.807) is 19.1 Å². The Morgan fingerprint density at radius 3 is 2.37 bits per heavy atom. The van der Waals surface area contributed by atoms with Crippen LogP contribution in [0.1, 0.15) is 16.1 Å². The first-order valence-electron chi connectivity index (χ1n) is 8.07. The maximum absolute atomic E-state index is 12.5. The molecule has 5 nitrogen and oxygen atoms in total. The zero-order chi connectivity index (χ0) is 19.4. The van der Waals surface area contributed by atoms with E-state index in [1.165, 1.54) is 19.2 Å². The third-order valence-electron chi connectivity index (χ3n) is 3.84. The van der Waals surface area contributed by atoms with Crippen molar-refractivity contribution in [1.29, 1.82) is 0 Å². The van der Waals surface area contributed by atoms with Crippen LogP contribution in [0.4, 0.5) is 8.78 Å². The van der Waals surface area contributed by atoms with Crippen LogP contribution in [0.2, 0.25) is 0 Å². The predicted octanol–water partition coefficient (Wildman–Crippen LogP) is 4.51. The highest BCUT2D eigenvalue weighted by Crippen LogP contribution is 2.30. The molecule has 0 N–H and O–H groups in total. The number of ether oxygens (including phenoxy) is 2. The Morgan fingerprint density at radius 1 is 1.00 bits per heavy atom. The van der Waals surface area contributed by atoms with Gasteiger partial charge in [0.15, 0.2) is 5.82 Å². The smallest absolute Gasteiger partial charge is 0.387 e. The van der Waals surface area contributed by atoms with Crippen molar-refractivity contribution in [3.63, 3.8) is 0 Å². The number of rotatable bonds is 5. The maximum Gasteiger partial charge on any atom is 0.387 e. The van der Waals surface area contributed by atoms with Crippen molar-refractivity contribution in [2.24, 2.45) is 0 Å². The van der Waals surface area contributed by atoms with E-state index >= 15 is 0 Å². The summed E-state index contributed by atoms with van der Waals surface area (Å²) in [7, 11) is 1.26. The highest BCUT2D eigenvalue weighted by molar-refractivity contribution is 5.97. The van der Waals surface area contributed by atoms with Gasteiger partial charge in [0.1, 0.15) is 11.3 Å². The number of carbonyl (C=O) groups is 1. The van der Waals surface area contributed by atoms with Gasteiger partial charge in [0, 0.05) is 11.1 Å². The zero-order valence-electron chi connectivity index (χ0n) is 14.6. The normalized spacial score (nSPS) is 10.7. The average molecular weight is 370 g/mol. The Labute approximate surface area is 154 Å². The lowest BCUT2D eigenvalue weighted by Crippen LogP contribution is -2.11. The molecule has 0 aliphatic carbocycles. The van der Waals surface area contributed by atoms with Gasteiger partial charge in [0.2, 0.25) is 0 Å². The molecule has 0 bridgehead atoms. The summed E-state index contributed by atoms with van der Waals surface area (Å²) in [5.41, 5.74) is 2.08. The summed E-state index contributed by atoms with van der Waals surface area (Å²) in [6.45, 7) is -1.28. The molecule has 0 aliphatic rings. The number of methoxy groups -OCH3 is 1. The third kappa shape index (κ3) is 4.08. The molecule has 138 valence electrons. The number of esters is 1. The molecule has 0 saturated heterocycles. The molecule has 0 spiro atoms. The number of aryl methyl sites for hydroxylation is 1. The molecule has 0 unspecified atom stereocenters. The summed E-state index contributed by atoms with van der Waals surface area (Å²) >= 11 is 0. The Kier molecular flexibility index (Phi) is 5.40. The van der Waals surface area contributed by atoms with E-state index in [1.807, 2.05) is 30.3 Å². The lowest BCUT2D eigenvalue weighted by Gasteiger charge is -2.13. The number of nitrogens with zero attached hydrogens (tertiary/aromatic N) is 2. The van der Waals surface area contributed by atoms with Crippen LogP contribution in [0.15, 0.2) is 54.6 Å². The van der Waals surface area contributed by atoms with Crippen molar-refractivity contribution in [2.45, 2.75) is 13.5 Å². The third-order valence-corrected chi connectivity index (χ3v) is 3.84. The quantitative estimate of drug-likeness (QED) is 0.619. The molecule has 1 aromatic heterocycles. The van der Waals surface area contributed by atoms with Gasteiger partial charge in [-0.25, -0.2) is 14.8 Å². The van der Waals surface area contributed by atoms with Crippen LogP contribution < -0.4 is 4.74 Å². The Balaban J connectivity index is 2.20. The second-order valence-electron chi connectivity index (χ2n) is 5.62. The van der Waals surface area contributed by atoms with E-state index in [-0.39, 0.29) is 17.0 Å². The highest BCUT2D eigenvalue weighted by Gasteiger charge is 2.21. The summed E-state index contributed by atoms with van der Waals surface area (Å²) < 4.78 is 34.4. The summed E-state index contributed by atoms with van der Waals surface area (Å²) in [5.74, 6) is -0.228. The summed E-state index contributed by atoms with van der Waals surface area (Å²) in [4.78, 5) is 21.2. The topological polar surface area (TPSA) is 61.3 Å². The van der Waals surface area contributed by atoms with Crippen LogP contribution >= 0.6 is 0 Å². The molecule has 27 heavy (non-hydrogen) atoms. The van der Waals surface area contributed by atoms with Crippen LogP contribution in [0.3, 0.4) is 0 Å². The molecular weight excluding hydrogens is 354 g/mol. The number of hydrogen-bond acceptors (Lipinski definition) is 5. The van der Waals surface area contributed by atoms with Gasteiger partial charge >= 0.3 is 12.6 Å². The van der Waals surface area contributed by atoms with Crippen molar-refractivity contribution in [3.05, 3.63) is 65.9 Å². The van der Waals surface area contributed by atoms with Crippen LogP contribution in [0.5, 0.6) is 5.75 Å². The second kappa shape index (κ2) is 7.90. The highest BCUT2D eigenvalue weighted by atomic mass is 19.3. The molecular formula is C20H16F2N2O3. The summed E-state index contributed by atoms with van der Waals surface area (Å²) in [6, 6.07) is 15.2. The van der Waals surface area contributed by atoms with E-state index in [0.29, 0.717) is 17.1 Å². The van der Waals surface area contributed by atoms with Crippen molar-refractivity contribution >= 4 is 5.97 Å². The molecule has 2 aromatic carbocycles. The first-order chi connectivity index (χ1) is 13.0. The number of carbonyl (C=O) groups excluding carboxylic acids is 1. The Hall–Kier alpha value is -3.35. The molecule has 0 radical (unpaired) electrons. The SMILES string of the molecule is COC(=O)c1c(C)nc(-c2ccccc2)nc1-c1cccc(OC(F)F)c1. The molecule has 0 fully saturated rings. The number of aromatic nitrogens is 2. The minimum absolute atomic E-state index is 0.0316. The minimum atomic E-state index is -2.95. The monoisotopic (exact) mass is 370 g/mol. The summed E-state index contributed by atoms with van der Waals surface area (Å²) in [6.07, 6.45) is 0. The largest absolute Gasteiger partial charge is 0.465 e. The van der Waals surface area contributed by atoms with Crippen molar-refractivity contribution < 1.29 is 23.0 Å². The van der Waals surface area contributed by atoms with Gasteiger partial charge in [0.05, 0.1) is 18.5 Å². The molecule has 3 rings (SSSR count). The van der Waals surface area contributed by atoms with Gasteiger partial charge in [-0.3, -0.25) is 0 Å². The lowest BCUT2D eigenvalue weighted by atomic mass is 10.0. The first kappa shape index (κ1) is 18.4. The number of benzene rings is 2. The predicted molar refractivity (Wildman–Crippen MR) is 95.6 cm³/mol. The van der Waals surface area contributed by atoms with E-state index in [0.717, 1.165) is 5.56 Å². The van der Waals surface area contributed by atoms with Gasteiger partial charge in [-0.05, 0) is 19.1 Å². The van der Waals surface area contributed by atoms with Crippen LogP contribution in [0.25, 0.3) is 22.6 Å². The average Bonchev–Trinajstić information content (AvgIpc) is 2.67. The van der Waals surface area contributed by atoms with Crippen LogP contribution in [-0.4, -0.2) is 29.7 Å². The van der Waals surface area contributed by atoms with Gasteiger partial charge in [0.25, 0.3) is 0 Å². The van der Waals surface area contributed by atoms with Crippen molar-refractivity contribution in [2.75, 3.05) is 7.11 Å². The minimum Gasteiger partial charge on any atom is -0.465 e. The van der Waals surface area contributed by atoms with E-state index < -0.39 is 12.6 Å². The zero-order valence-corrected chi connectivity index (χ0v) is 14.6. The van der Waals surface area contributed by atoms with Gasteiger partial charge in [-0.2, -0.15) is 8.78 Å². The molecule has 0 atom stereocenters. The maximum atomic E-state index is 12.5. The van der Waals surface area contributed by atoms with E-state index in [9.17, 15) is 13.6 Å². The first-order valence-corrected chi connectivity index (χ1v) is 8.07. The fraction of sp³-hybridized carbons (Fsp3) is 0.150. The second-order valence-corrected chi connectivity index (χ2v) is 5.62. The van der Waals surface area contributed by atoms with E-state index in [4.69, 9.17) is 4.74 Å². The summed E-state index contributed by atoms with van der Waals surface area (Å²) in [5, 5.41) is 0. The number of hydrogen-bond donors (Lipinski definition) is 0. The molecule has 1 heterocycles. The van der Waals surface area contributed by atoms with Gasteiger partial charge in [-0.1, -0.05) is 42.5 Å². The van der Waals surface area contributed by atoms with Crippen molar-refractivity contribution in [1.82, 2.24) is 9.97 Å². The van der Waals surface area contributed by atoms with E-state index in [2.05, 4.69) is 14.7 Å². The lowest BCUT2D eigenvalue weighted by molar-refractivity contribution is -0.0498. The fourth-order valence-electron chi connectivity index (χ4n) is 2.66. The van der Waals surface area contributed by atoms with Crippen molar-refractivity contribution in [3.8, 4) is 28.4 Å². The van der Waals surface area contributed by atoms with Gasteiger partial charge < -0.3 is 9.47 Å². The molecule has 3 aromatic rings. The number of halogens is 2. The number of alkyl halides is 2. The van der Waals surface area contributed by atoms with Crippen LogP contribution in [-0.2, 0) is 4.74 Å². The van der Waals surface area contributed by atoms with Gasteiger partial charge in [-0.15, -0.1) is 0 Å². The molecule has 7 heteroatoms. The fourth-order valence-corrected chi connectivity index (χ4v) is 2.66. The molecule has 0 saturated carbocycles. The molecule has 0 aliphatic heterocycles. The van der Waals surface area contributed by atoms with Crippen LogP contribution in [0, 0.1) is 6.92 Å². The molecule has 0 amide bonds. The Bertz CT molecular complexity index is 963. The Morgan fingerprint density at radius 2 is 1.70 bits per heavy atom.